The number of hydrogen-bond acceptors (Lipinski definition) is 2. The normalized spacial score (nSPS) is 10.1. The number of hydrogen-bond donors (Lipinski definition) is 1. The zero-order valence-electron chi connectivity index (χ0n) is 7.74. The summed E-state index contributed by atoms with van der Waals surface area (Å²) in [6, 6.07) is 12.4. The summed E-state index contributed by atoms with van der Waals surface area (Å²) in [4.78, 5) is 15.0. The van der Waals surface area contributed by atoms with Crippen LogP contribution in [0.2, 0.25) is 0 Å². The lowest BCUT2D eigenvalue weighted by Crippen LogP contribution is -2.07. The van der Waals surface area contributed by atoms with Crippen LogP contribution in [-0.4, -0.2) is 10.9 Å². The second kappa shape index (κ2) is 3.46. The summed E-state index contributed by atoms with van der Waals surface area (Å²) in [6.07, 6.45) is 0. The molecule has 0 saturated heterocycles. The van der Waals surface area contributed by atoms with E-state index in [4.69, 9.17) is 0 Å². The smallest absolute Gasteiger partial charge is 0.222 e. The summed E-state index contributed by atoms with van der Waals surface area (Å²) in [5, 5.41) is 3.61. The molecular weight excluding hydrogens is 176 g/mol. The molecule has 0 saturated carbocycles. The molecule has 1 radical (unpaired) electrons. The summed E-state index contributed by atoms with van der Waals surface area (Å²) < 4.78 is 0. The zero-order chi connectivity index (χ0) is 9.97. The van der Waals surface area contributed by atoms with Gasteiger partial charge in [0.1, 0.15) is 5.82 Å². The van der Waals surface area contributed by atoms with Crippen molar-refractivity contribution in [3.05, 3.63) is 36.4 Å². The molecule has 0 atom stereocenters. The van der Waals surface area contributed by atoms with Crippen molar-refractivity contribution in [1.82, 2.24) is 4.98 Å². The average Bonchev–Trinajstić information content (AvgIpc) is 2.17. The molecule has 14 heavy (non-hydrogen) atoms. The number of anilines is 1. The third-order valence-corrected chi connectivity index (χ3v) is 1.83. The highest BCUT2D eigenvalue weighted by molar-refractivity contribution is 5.89. The first-order valence-corrected chi connectivity index (χ1v) is 4.31. The minimum atomic E-state index is -0.135. The average molecular weight is 185 g/mol. The molecule has 1 aromatic heterocycles. The monoisotopic (exact) mass is 185 g/mol. The number of fused-ring (bicyclic) bond motifs is 1. The fourth-order valence-electron chi connectivity index (χ4n) is 1.24. The Kier molecular flexibility index (Phi) is 2.14. The Morgan fingerprint density at radius 3 is 3.00 bits per heavy atom. The van der Waals surface area contributed by atoms with Gasteiger partial charge in [-0.05, 0) is 12.1 Å². The van der Waals surface area contributed by atoms with E-state index in [2.05, 4.69) is 16.4 Å². The fraction of sp³-hybridized carbons (Fsp3) is 0.0909. The first kappa shape index (κ1) is 8.69. The van der Waals surface area contributed by atoms with Crippen molar-refractivity contribution in [2.24, 2.45) is 0 Å². The van der Waals surface area contributed by atoms with Crippen LogP contribution in [0.5, 0.6) is 0 Å². The van der Waals surface area contributed by atoms with Crippen LogP contribution in [0.25, 0.3) is 10.9 Å². The third-order valence-electron chi connectivity index (χ3n) is 1.83. The number of para-hydroxylation sites is 1. The highest BCUT2D eigenvalue weighted by Crippen LogP contribution is 2.13. The quantitative estimate of drug-likeness (QED) is 0.738. The van der Waals surface area contributed by atoms with E-state index in [1.807, 2.05) is 30.3 Å². The van der Waals surface area contributed by atoms with E-state index in [0.717, 1.165) is 10.9 Å². The number of benzene rings is 1. The van der Waals surface area contributed by atoms with E-state index in [9.17, 15) is 4.79 Å². The predicted octanol–water partition coefficient (Wildman–Crippen LogP) is 1.99. The summed E-state index contributed by atoms with van der Waals surface area (Å²) in [7, 11) is 0. The Hall–Kier alpha value is -1.90. The Bertz CT molecular complexity index is 479. The molecule has 2 aromatic rings. The van der Waals surface area contributed by atoms with Crippen LogP contribution >= 0.6 is 0 Å². The number of aromatic nitrogens is 1. The van der Waals surface area contributed by atoms with Gasteiger partial charge < -0.3 is 5.32 Å². The first-order valence-electron chi connectivity index (χ1n) is 4.31. The number of pyridine rings is 1. The molecular formula is C11H9N2O. The van der Waals surface area contributed by atoms with Gasteiger partial charge in [-0.2, -0.15) is 0 Å². The molecule has 0 unspecified atom stereocenters. The molecule has 0 aliphatic heterocycles. The van der Waals surface area contributed by atoms with Gasteiger partial charge in [-0.1, -0.05) is 18.2 Å². The Labute approximate surface area is 81.8 Å². The number of carbonyl (C=O) groups excluding carboxylic acids is 1. The summed E-state index contributed by atoms with van der Waals surface area (Å²) in [6.45, 7) is 1.45. The van der Waals surface area contributed by atoms with Crippen LogP contribution in [0.4, 0.5) is 5.82 Å². The van der Waals surface area contributed by atoms with Crippen molar-refractivity contribution >= 4 is 22.6 Å². The minimum absolute atomic E-state index is 0.135. The maximum Gasteiger partial charge on any atom is 0.222 e. The van der Waals surface area contributed by atoms with Gasteiger partial charge in [-0.15, -0.1) is 0 Å². The van der Waals surface area contributed by atoms with Crippen LogP contribution in [-0.2, 0) is 4.79 Å². The van der Waals surface area contributed by atoms with Gasteiger partial charge in [0, 0.05) is 18.4 Å². The van der Waals surface area contributed by atoms with Crippen LogP contribution in [0.1, 0.15) is 6.92 Å². The van der Waals surface area contributed by atoms with Gasteiger partial charge in [0.05, 0.1) is 5.52 Å². The SMILES string of the molecule is CC(=O)Nc1[c]cc2ccccc2n1. The molecule has 1 aromatic carbocycles. The third kappa shape index (κ3) is 1.71. The molecule has 1 heterocycles. The summed E-state index contributed by atoms with van der Waals surface area (Å²) >= 11 is 0. The topological polar surface area (TPSA) is 42.0 Å². The fourth-order valence-corrected chi connectivity index (χ4v) is 1.24. The number of amides is 1. The maximum absolute atomic E-state index is 10.8. The Morgan fingerprint density at radius 1 is 1.43 bits per heavy atom. The van der Waals surface area contributed by atoms with E-state index in [-0.39, 0.29) is 5.91 Å². The molecule has 3 heteroatoms. The van der Waals surface area contributed by atoms with Gasteiger partial charge in [0.2, 0.25) is 5.91 Å². The van der Waals surface area contributed by atoms with Gasteiger partial charge >= 0.3 is 0 Å². The molecule has 0 aliphatic rings. The largest absolute Gasteiger partial charge is 0.310 e. The van der Waals surface area contributed by atoms with Crippen molar-refractivity contribution in [1.29, 1.82) is 0 Å². The molecule has 3 nitrogen and oxygen atoms in total. The minimum Gasteiger partial charge on any atom is -0.310 e. The van der Waals surface area contributed by atoms with E-state index in [0.29, 0.717) is 5.82 Å². The van der Waals surface area contributed by atoms with Gasteiger partial charge in [0.15, 0.2) is 0 Å². The van der Waals surface area contributed by atoms with Gasteiger partial charge in [0.25, 0.3) is 0 Å². The lowest BCUT2D eigenvalue weighted by Gasteiger charge is -2.01. The van der Waals surface area contributed by atoms with E-state index >= 15 is 0 Å². The van der Waals surface area contributed by atoms with Crippen molar-refractivity contribution in [3.63, 3.8) is 0 Å². The highest BCUT2D eigenvalue weighted by atomic mass is 16.1. The van der Waals surface area contributed by atoms with Crippen LogP contribution in [0.15, 0.2) is 30.3 Å². The van der Waals surface area contributed by atoms with Gasteiger partial charge in [-0.25, -0.2) is 4.98 Å². The van der Waals surface area contributed by atoms with Crippen molar-refractivity contribution in [2.45, 2.75) is 6.92 Å². The molecule has 1 amide bonds. The summed E-state index contributed by atoms with van der Waals surface area (Å²) in [5.41, 5.74) is 0.856. The molecule has 69 valence electrons. The molecule has 0 bridgehead atoms. The van der Waals surface area contributed by atoms with E-state index < -0.39 is 0 Å². The highest BCUT2D eigenvalue weighted by Gasteiger charge is 1.98. The molecule has 1 N–H and O–H groups in total. The lowest BCUT2D eigenvalue weighted by atomic mass is 10.2. The van der Waals surface area contributed by atoms with E-state index in [1.165, 1.54) is 6.92 Å². The number of nitrogens with zero attached hydrogens (tertiary/aromatic N) is 1. The van der Waals surface area contributed by atoms with Gasteiger partial charge in [-0.3, -0.25) is 4.79 Å². The second-order valence-corrected chi connectivity index (χ2v) is 2.99. The molecule has 0 spiro atoms. The molecule has 2 rings (SSSR count). The first-order chi connectivity index (χ1) is 6.75. The van der Waals surface area contributed by atoms with Crippen LogP contribution in [0, 0.1) is 6.07 Å². The number of carbonyl (C=O) groups is 1. The number of rotatable bonds is 1. The Morgan fingerprint density at radius 2 is 2.21 bits per heavy atom. The Balaban J connectivity index is 2.46. The maximum atomic E-state index is 10.8. The zero-order valence-corrected chi connectivity index (χ0v) is 7.74. The predicted molar refractivity (Wildman–Crippen MR) is 54.9 cm³/mol. The number of nitrogens with one attached hydrogen (secondary N) is 1. The van der Waals surface area contributed by atoms with E-state index in [1.54, 1.807) is 0 Å². The van der Waals surface area contributed by atoms with Crippen LogP contribution < -0.4 is 5.32 Å². The van der Waals surface area contributed by atoms with Crippen molar-refractivity contribution in [2.75, 3.05) is 5.32 Å². The van der Waals surface area contributed by atoms with Crippen LogP contribution in [0.3, 0.4) is 0 Å². The summed E-state index contributed by atoms with van der Waals surface area (Å²) in [5.74, 6) is 0.334. The standard InChI is InChI=1S/C11H9N2O/c1-8(14)12-11-7-6-9-4-2-3-5-10(9)13-11/h2-6H,1H3,(H,12,13,14). The van der Waals surface area contributed by atoms with Crippen molar-refractivity contribution in [3.8, 4) is 0 Å². The second-order valence-electron chi connectivity index (χ2n) is 2.99. The lowest BCUT2D eigenvalue weighted by molar-refractivity contribution is -0.114. The molecule has 0 fully saturated rings. The molecule has 0 aliphatic carbocycles. The van der Waals surface area contributed by atoms with Crippen molar-refractivity contribution < 1.29 is 4.79 Å².